The van der Waals surface area contributed by atoms with Crippen molar-refractivity contribution in [2.45, 2.75) is 0 Å². The van der Waals surface area contributed by atoms with Gasteiger partial charge in [-0.1, -0.05) is 6.07 Å². The van der Waals surface area contributed by atoms with E-state index in [1.807, 2.05) is 0 Å². The zero-order chi connectivity index (χ0) is 21.3. The van der Waals surface area contributed by atoms with Crippen molar-refractivity contribution in [2.24, 2.45) is 0 Å². The van der Waals surface area contributed by atoms with E-state index in [1.54, 1.807) is 48.5 Å². The molecule has 9 nitrogen and oxygen atoms in total. The Morgan fingerprint density at radius 1 is 0.967 bits per heavy atom. The largest absolute Gasteiger partial charge is 0.484 e. The molecule has 1 aromatic heterocycles. The van der Waals surface area contributed by atoms with Crippen LogP contribution in [0.15, 0.2) is 63.8 Å². The molecule has 0 aliphatic rings. The van der Waals surface area contributed by atoms with Crippen molar-refractivity contribution in [1.82, 2.24) is 0 Å². The van der Waals surface area contributed by atoms with Gasteiger partial charge in [-0.3, -0.25) is 10.1 Å². The molecule has 2 amide bonds. The number of carbonyl (C=O) groups excluding carboxylic acids is 2. The summed E-state index contributed by atoms with van der Waals surface area (Å²) in [4.78, 5) is 35.2. The molecule has 3 aromatic rings. The molecule has 0 bridgehead atoms. The number of methoxy groups -OCH3 is 1. The van der Waals surface area contributed by atoms with Crippen LogP contribution < -0.4 is 21.0 Å². The second kappa shape index (κ2) is 10.1. The molecule has 0 unspecified atom stereocenters. The fraction of sp³-hybridized carbons (Fsp3) is 0.190. The Hall–Kier alpha value is -3.85. The lowest BCUT2D eigenvalue weighted by Crippen LogP contribution is -2.20. The Labute approximate surface area is 171 Å². The zero-order valence-corrected chi connectivity index (χ0v) is 16.2. The molecule has 9 heteroatoms. The quantitative estimate of drug-likeness (QED) is 0.431. The van der Waals surface area contributed by atoms with Gasteiger partial charge < -0.3 is 23.9 Å². The maximum absolute atomic E-state index is 12.2. The van der Waals surface area contributed by atoms with Crippen molar-refractivity contribution in [2.75, 3.05) is 37.6 Å². The molecule has 3 rings (SSSR count). The number of nitrogens with one attached hydrogen (secondary N) is 2. The molecule has 156 valence electrons. The minimum absolute atomic E-state index is 0.133. The molecule has 0 atom stereocenters. The first kappa shape index (κ1) is 20.9. The van der Waals surface area contributed by atoms with Gasteiger partial charge in [-0.05, 0) is 36.4 Å². The third kappa shape index (κ3) is 6.08. The second-order valence-corrected chi connectivity index (χ2v) is 6.13. The SMILES string of the molecule is COCCOC(=O)Nc1cccc(NC(=O)COc2ccc3ccc(=O)oc3c2)c1. The van der Waals surface area contributed by atoms with Gasteiger partial charge in [-0.25, -0.2) is 9.59 Å². The fourth-order valence-corrected chi connectivity index (χ4v) is 2.52. The Morgan fingerprint density at radius 3 is 2.53 bits per heavy atom. The summed E-state index contributed by atoms with van der Waals surface area (Å²) < 4.78 is 20.3. The van der Waals surface area contributed by atoms with Crippen LogP contribution in [0.1, 0.15) is 0 Å². The topological polar surface area (TPSA) is 116 Å². The van der Waals surface area contributed by atoms with E-state index in [0.717, 1.165) is 5.39 Å². The van der Waals surface area contributed by atoms with E-state index in [-0.39, 0.29) is 13.2 Å². The number of fused-ring (bicyclic) bond motifs is 1. The van der Waals surface area contributed by atoms with Gasteiger partial charge >= 0.3 is 11.7 Å². The van der Waals surface area contributed by atoms with Crippen LogP contribution in [-0.2, 0) is 14.3 Å². The Balaban J connectivity index is 1.53. The maximum atomic E-state index is 12.2. The number of anilines is 2. The summed E-state index contributed by atoms with van der Waals surface area (Å²) in [7, 11) is 1.51. The third-order valence-corrected chi connectivity index (χ3v) is 3.88. The number of amides is 2. The standard InChI is InChI=1S/C21H20N2O7/c1-27-9-10-28-21(26)23-16-4-2-3-15(11-16)22-19(24)13-29-17-7-5-14-6-8-20(25)30-18(14)12-17/h2-8,11-12H,9-10,13H2,1H3,(H,22,24)(H,23,26). The van der Waals surface area contributed by atoms with Crippen LogP contribution >= 0.6 is 0 Å². The zero-order valence-electron chi connectivity index (χ0n) is 16.2. The Morgan fingerprint density at radius 2 is 1.73 bits per heavy atom. The number of hydrogen-bond acceptors (Lipinski definition) is 7. The van der Waals surface area contributed by atoms with Crippen LogP contribution in [0.5, 0.6) is 5.75 Å². The molecular weight excluding hydrogens is 392 g/mol. The number of rotatable bonds is 8. The molecule has 0 aliphatic heterocycles. The van der Waals surface area contributed by atoms with Crippen LogP contribution in [0.25, 0.3) is 11.0 Å². The van der Waals surface area contributed by atoms with E-state index in [4.69, 9.17) is 18.6 Å². The van der Waals surface area contributed by atoms with Crippen molar-refractivity contribution in [1.29, 1.82) is 0 Å². The van der Waals surface area contributed by atoms with Crippen LogP contribution in [0.4, 0.5) is 16.2 Å². The van der Waals surface area contributed by atoms with Gasteiger partial charge in [0.25, 0.3) is 5.91 Å². The van der Waals surface area contributed by atoms with Gasteiger partial charge in [-0.2, -0.15) is 0 Å². The second-order valence-electron chi connectivity index (χ2n) is 6.13. The lowest BCUT2D eigenvalue weighted by atomic mass is 10.2. The molecule has 0 fully saturated rings. The molecular formula is C21H20N2O7. The minimum Gasteiger partial charge on any atom is -0.484 e. The van der Waals surface area contributed by atoms with E-state index in [9.17, 15) is 14.4 Å². The van der Waals surface area contributed by atoms with E-state index in [0.29, 0.717) is 29.3 Å². The first-order valence-corrected chi connectivity index (χ1v) is 9.03. The summed E-state index contributed by atoms with van der Waals surface area (Å²) in [5, 5.41) is 5.98. The molecule has 0 aliphatic carbocycles. The van der Waals surface area contributed by atoms with Crippen molar-refractivity contribution in [3.05, 3.63) is 65.0 Å². The lowest BCUT2D eigenvalue weighted by Gasteiger charge is -2.10. The summed E-state index contributed by atoms with van der Waals surface area (Å²) >= 11 is 0. The first-order chi connectivity index (χ1) is 14.5. The molecule has 0 saturated heterocycles. The van der Waals surface area contributed by atoms with Crippen LogP contribution in [0.2, 0.25) is 0 Å². The van der Waals surface area contributed by atoms with Gasteiger partial charge in [-0.15, -0.1) is 0 Å². The molecule has 0 radical (unpaired) electrons. The molecule has 0 saturated carbocycles. The number of carbonyl (C=O) groups is 2. The van der Waals surface area contributed by atoms with E-state index >= 15 is 0 Å². The van der Waals surface area contributed by atoms with Gasteiger partial charge in [0.05, 0.1) is 6.61 Å². The smallest absolute Gasteiger partial charge is 0.411 e. The first-order valence-electron chi connectivity index (χ1n) is 9.03. The molecule has 1 heterocycles. The van der Waals surface area contributed by atoms with Crippen molar-refractivity contribution in [3.8, 4) is 5.75 Å². The highest BCUT2D eigenvalue weighted by Gasteiger charge is 2.08. The predicted molar refractivity (Wildman–Crippen MR) is 110 cm³/mol. The lowest BCUT2D eigenvalue weighted by molar-refractivity contribution is -0.118. The van der Waals surface area contributed by atoms with E-state index in [1.165, 1.54) is 13.2 Å². The number of ether oxygens (including phenoxy) is 3. The van der Waals surface area contributed by atoms with Gasteiger partial charge in [0.15, 0.2) is 6.61 Å². The highest BCUT2D eigenvalue weighted by Crippen LogP contribution is 2.20. The Kier molecular flexibility index (Phi) is 7.01. The van der Waals surface area contributed by atoms with Crippen LogP contribution in [0.3, 0.4) is 0 Å². The van der Waals surface area contributed by atoms with Gasteiger partial charge in [0, 0.05) is 36.0 Å². The van der Waals surface area contributed by atoms with Gasteiger partial charge in [0.2, 0.25) is 0 Å². The highest BCUT2D eigenvalue weighted by atomic mass is 16.6. The summed E-state index contributed by atoms with van der Waals surface area (Å²) in [5.41, 5.74) is 0.841. The normalized spacial score (nSPS) is 10.4. The summed E-state index contributed by atoms with van der Waals surface area (Å²) in [5.74, 6) is -0.00865. The van der Waals surface area contributed by atoms with Crippen LogP contribution in [-0.4, -0.2) is 38.9 Å². The molecule has 30 heavy (non-hydrogen) atoms. The van der Waals surface area contributed by atoms with Crippen molar-refractivity contribution >= 4 is 34.3 Å². The third-order valence-electron chi connectivity index (χ3n) is 3.88. The number of benzene rings is 2. The monoisotopic (exact) mass is 412 g/mol. The van der Waals surface area contributed by atoms with Crippen molar-refractivity contribution in [3.63, 3.8) is 0 Å². The average Bonchev–Trinajstić information content (AvgIpc) is 2.72. The molecule has 2 aromatic carbocycles. The van der Waals surface area contributed by atoms with E-state index < -0.39 is 17.6 Å². The molecule has 0 spiro atoms. The van der Waals surface area contributed by atoms with Crippen molar-refractivity contribution < 1.29 is 28.2 Å². The van der Waals surface area contributed by atoms with E-state index in [2.05, 4.69) is 10.6 Å². The summed E-state index contributed by atoms with van der Waals surface area (Å²) in [6.45, 7) is 0.181. The number of hydrogen-bond donors (Lipinski definition) is 2. The minimum atomic E-state index is -0.623. The average molecular weight is 412 g/mol. The maximum Gasteiger partial charge on any atom is 0.411 e. The Bertz CT molecular complexity index is 1090. The highest BCUT2D eigenvalue weighted by molar-refractivity contribution is 5.93. The summed E-state index contributed by atoms with van der Waals surface area (Å²) in [6, 6.07) is 14.5. The van der Waals surface area contributed by atoms with Crippen LogP contribution in [0, 0.1) is 0 Å². The molecule has 2 N–H and O–H groups in total. The fourth-order valence-electron chi connectivity index (χ4n) is 2.52. The van der Waals surface area contributed by atoms with Gasteiger partial charge in [0.1, 0.15) is 17.9 Å². The summed E-state index contributed by atoms with van der Waals surface area (Å²) in [6.07, 6.45) is -0.623. The predicted octanol–water partition coefficient (Wildman–Crippen LogP) is 3.01.